The van der Waals surface area contributed by atoms with Crippen molar-refractivity contribution in [3.05, 3.63) is 52.6 Å². The summed E-state index contributed by atoms with van der Waals surface area (Å²) in [6.07, 6.45) is 4.04. The van der Waals surface area contributed by atoms with Crippen molar-refractivity contribution in [2.24, 2.45) is 0 Å². The Hall–Kier alpha value is -2.31. The smallest absolute Gasteiger partial charge is 0.251 e. The fourth-order valence-corrected chi connectivity index (χ4v) is 3.03. The van der Waals surface area contributed by atoms with Crippen molar-refractivity contribution in [1.82, 2.24) is 10.6 Å². The molecule has 4 N–H and O–H groups in total. The average molecular weight is 392 g/mol. The third-order valence-corrected chi connectivity index (χ3v) is 4.49. The topological polar surface area (TPSA) is 93.5 Å². The lowest BCUT2D eigenvalue weighted by atomic mass is 10.0. The number of carbonyl (C=O) groups excluding carboxylic acids is 2. The lowest BCUT2D eigenvalue weighted by molar-refractivity contribution is -0.127. The summed E-state index contributed by atoms with van der Waals surface area (Å²) >= 11 is 6.26. The zero-order chi connectivity index (χ0) is 20.0. The SMILES string of the molecule is CNC(=O)C(Cc1ccc(N)cc1)NC(=O)C1=CCC(OC(C)C)C(Cl)=C1. The molecule has 2 atom stereocenters. The van der Waals surface area contributed by atoms with Gasteiger partial charge in [-0.05, 0) is 44.0 Å². The van der Waals surface area contributed by atoms with Crippen LogP contribution in [0.3, 0.4) is 0 Å². The Bertz CT molecular complexity index is 741. The standard InChI is InChI=1S/C20H26ClN3O3/c1-12(2)27-18-9-6-14(11-16(18)21)19(25)24-17(20(26)23-3)10-13-4-7-15(22)8-5-13/h4-8,11-12,17-18H,9-10,22H2,1-3H3,(H,23,26)(H,24,25). The van der Waals surface area contributed by atoms with E-state index in [1.165, 1.54) is 7.05 Å². The number of likely N-dealkylation sites (N-methyl/N-ethyl adjacent to an activating group) is 1. The van der Waals surface area contributed by atoms with Crippen LogP contribution >= 0.6 is 11.6 Å². The number of carbonyl (C=O) groups is 2. The maximum absolute atomic E-state index is 12.6. The summed E-state index contributed by atoms with van der Waals surface area (Å²) in [5, 5.41) is 5.84. The first-order valence-electron chi connectivity index (χ1n) is 8.89. The molecular formula is C20H26ClN3O3. The van der Waals surface area contributed by atoms with Gasteiger partial charge in [-0.25, -0.2) is 0 Å². The molecule has 1 aromatic carbocycles. The molecule has 0 saturated heterocycles. The molecule has 0 bridgehead atoms. The van der Waals surface area contributed by atoms with Gasteiger partial charge in [-0.1, -0.05) is 29.8 Å². The second-order valence-electron chi connectivity index (χ2n) is 6.68. The van der Waals surface area contributed by atoms with Gasteiger partial charge in [0.15, 0.2) is 0 Å². The maximum atomic E-state index is 12.6. The Labute approximate surface area is 164 Å². The van der Waals surface area contributed by atoms with Crippen molar-refractivity contribution >= 4 is 29.1 Å². The van der Waals surface area contributed by atoms with Gasteiger partial charge < -0.3 is 21.1 Å². The molecule has 0 radical (unpaired) electrons. The molecule has 2 amide bonds. The van der Waals surface area contributed by atoms with E-state index in [0.717, 1.165) is 5.56 Å². The van der Waals surface area contributed by atoms with E-state index in [4.69, 9.17) is 22.1 Å². The molecular weight excluding hydrogens is 366 g/mol. The van der Waals surface area contributed by atoms with Crippen molar-refractivity contribution < 1.29 is 14.3 Å². The van der Waals surface area contributed by atoms with Crippen LogP contribution in [0.4, 0.5) is 5.69 Å². The van der Waals surface area contributed by atoms with Gasteiger partial charge in [0.2, 0.25) is 5.91 Å². The van der Waals surface area contributed by atoms with Crippen molar-refractivity contribution in [3.8, 4) is 0 Å². The summed E-state index contributed by atoms with van der Waals surface area (Å²) in [5.41, 5.74) is 7.66. The Morgan fingerprint density at radius 2 is 1.96 bits per heavy atom. The molecule has 0 saturated carbocycles. The molecule has 0 aliphatic heterocycles. The van der Waals surface area contributed by atoms with Crippen molar-refractivity contribution in [2.45, 2.75) is 44.9 Å². The first-order chi connectivity index (χ1) is 12.8. The lowest BCUT2D eigenvalue weighted by Gasteiger charge is -2.23. The fraction of sp³-hybridized carbons (Fsp3) is 0.400. The number of ether oxygens (including phenoxy) is 1. The molecule has 0 aromatic heterocycles. The minimum Gasteiger partial charge on any atom is -0.399 e. The number of nitrogens with two attached hydrogens (primary N) is 1. The Kier molecular flexibility index (Phi) is 7.45. The minimum absolute atomic E-state index is 0.0402. The van der Waals surface area contributed by atoms with Crippen LogP contribution in [-0.2, 0) is 20.7 Å². The highest BCUT2D eigenvalue weighted by molar-refractivity contribution is 6.31. The molecule has 1 aliphatic carbocycles. The third kappa shape index (κ3) is 6.12. The summed E-state index contributed by atoms with van der Waals surface area (Å²) in [4.78, 5) is 24.8. The predicted octanol–water partition coefficient (Wildman–Crippen LogP) is 2.29. The molecule has 0 fully saturated rings. The number of rotatable bonds is 7. The zero-order valence-corrected chi connectivity index (χ0v) is 16.5. The molecule has 1 aliphatic rings. The lowest BCUT2D eigenvalue weighted by Crippen LogP contribution is -2.47. The van der Waals surface area contributed by atoms with Crippen LogP contribution in [0.2, 0.25) is 0 Å². The molecule has 146 valence electrons. The Morgan fingerprint density at radius 3 is 2.52 bits per heavy atom. The summed E-state index contributed by atoms with van der Waals surface area (Å²) in [6, 6.07) is 6.49. The van der Waals surface area contributed by atoms with Gasteiger partial charge in [0.1, 0.15) is 6.04 Å². The third-order valence-electron chi connectivity index (χ3n) is 4.14. The van der Waals surface area contributed by atoms with Gasteiger partial charge >= 0.3 is 0 Å². The van der Waals surface area contributed by atoms with Crippen LogP contribution in [0.15, 0.2) is 47.0 Å². The largest absolute Gasteiger partial charge is 0.399 e. The van der Waals surface area contributed by atoms with Gasteiger partial charge in [-0.15, -0.1) is 0 Å². The number of nitrogen functional groups attached to an aromatic ring is 1. The number of halogens is 1. The average Bonchev–Trinajstić information content (AvgIpc) is 2.63. The zero-order valence-electron chi connectivity index (χ0n) is 15.8. The highest BCUT2D eigenvalue weighted by atomic mass is 35.5. The van der Waals surface area contributed by atoms with E-state index in [2.05, 4.69) is 10.6 Å². The van der Waals surface area contributed by atoms with Crippen molar-refractivity contribution in [2.75, 3.05) is 12.8 Å². The fourth-order valence-electron chi connectivity index (χ4n) is 2.77. The maximum Gasteiger partial charge on any atom is 0.251 e. The van der Waals surface area contributed by atoms with E-state index < -0.39 is 6.04 Å². The molecule has 0 spiro atoms. The van der Waals surface area contributed by atoms with Gasteiger partial charge in [-0.2, -0.15) is 0 Å². The van der Waals surface area contributed by atoms with Crippen LogP contribution < -0.4 is 16.4 Å². The van der Waals surface area contributed by atoms with Crippen molar-refractivity contribution in [3.63, 3.8) is 0 Å². The van der Waals surface area contributed by atoms with Crippen LogP contribution in [0.25, 0.3) is 0 Å². The van der Waals surface area contributed by atoms with E-state index in [1.807, 2.05) is 26.0 Å². The quantitative estimate of drug-likeness (QED) is 0.621. The van der Waals surface area contributed by atoms with E-state index in [-0.39, 0.29) is 24.0 Å². The number of hydrogen-bond acceptors (Lipinski definition) is 4. The summed E-state index contributed by atoms with van der Waals surface area (Å²) in [5.74, 6) is -0.618. The van der Waals surface area contributed by atoms with E-state index >= 15 is 0 Å². The van der Waals surface area contributed by atoms with Gasteiger partial charge in [0, 0.05) is 29.8 Å². The molecule has 1 aromatic rings. The molecule has 2 rings (SSSR count). The minimum atomic E-state index is -0.705. The second-order valence-corrected chi connectivity index (χ2v) is 7.12. The molecule has 7 heteroatoms. The van der Waals surface area contributed by atoms with E-state index in [1.54, 1.807) is 24.3 Å². The first kappa shape index (κ1) is 21.0. The molecule has 2 unspecified atom stereocenters. The van der Waals surface area contributed by atoms with E-state index in [9.17, 15) is 9.59 Å². The monoisotopic (exact) mass is 391 g/mol. The van der Waals surface area contributed by atoms with Gasteiger partial charge in [-0.3, -0.25) is 9.59 Å². The van der Waals surface area contributed by atoms with Crippen molar-refractivity contribution in [1.29, 1.82) is 0 Å². The summed E-state index contributed by atoms with van der Waals surface area (Å²) in [6.45, 7) is 3.86. The molecule has 6 nitrogen and oxygen atoms in total. The summed E-state index contributed by atoms with van der Waals surface area (Å²) in [7, 11) is 1.54. The molecule has 0 heterocycles. The van der Waals surface area contributed by atoms with Crippen LogP contribution in [0.1, 0.15) is 25.8 Å². The molecule has 27 heavy (non-hydrogen) atoms. The number of nitrogens with one attached hydrogen (secondary N) is 2. The number of amides is 2. The highest BCUT2D eigenvalue weighted by Gasteiger charge is 2.25. The Morgan fingerprint density at radius 1 is 1.30 bits per heavy atom. The van der Waals surface area contributed by atoms with Crippen LogP contribution in [0.5, 0.6) is 0 Å². The number of benzene rings is 1. The second kappa shape index (κ2) is 9.58. The highest BCUT2D eigenvalue weighted by Crippen LogP contribution is 2.25. The van der Waals surface area contributed by atoms with Gasteiger partial charge in [0.05, 0.1) is 12.2 Å². The normalized spacial score (nSPS) is 17.7. The predicted molar refractivity (Wildman–Crippen MR) is 107 cm³/mol. The van der Waals surface area contributed by atoms with E-state index in [0.29, 0.717) is 29.1 Å². The number of anilines is 1. The Balaban J connectivity index is 2.06. The number of hydrogen-bond donors (Lipinski definition) is 3. The van der Waals surface area contributed by atoms with Crippen LogP contribution in [0, 0.1) is 0 Å². The van der Waals surface area contributed by atoms with Gasteiger partial charge in [0.25, 0.3) is 5.91 Å². The van der Waals surface area contributed by atoms with Crippen LogP contribution in [-0.4, -0.2) is 37.1 Å². The summed E-state index contributed by atoms with van der Waals surface area (Å²) < 4.78 is 5.71. The first-order valence-corrected chi connectivity index (χ1v) is 9.27.